The first kappa shape index (κ1) is 11.4. The summed E-state index contributed by atoms with van der Waals surface area (Å²) in [6.07, 6.45) is 3.96. The van der Waals surface area contributed by atoms with Crippen molar-refractivity contribution in [2.75, 3.05) is 6.54 Å². The summed E-state index contributed by atoms with van der Waals surface area (Å²) in [4.78, 5) is 23.2. The van der Waals surface area contributed by atoms with Crippen molar-refractivity contribution >= 4 is 11.8 Å². The Labute approximate surface area is 95.3 Å². The maximum Gasteiger partial charge on any atom is 0.237 e. The first-order valence-corrected chi connectivity index (χ1v) is 6.01. The smallest absolute Gasteiger partial charge is 0.237 e. The molecule has 3 N–H and O–H groups in total. The van der Waals surface area contributed by atoms with Crippen LogP contribution in [0.3, 0.4) is 0 Å². The second-order valence-electron chi connectivity index (χ2n) is 4.66. The minimum absolute atomic E-state index is 0.000809. The molecular weight excluding hydrogens is 206 g/mol. The molecule has 1 heterocycles. The Morgan fingerprint density at radius 2 is 2.19 bits per heavy atom. The standard InChI is InChI=1S/C11H19N3O2/c1-7(10(15)14-8-4-5-8)13-9-3-2-6-12-11(9)16/h7-9,13H,2-6H2,1H3,(H,12,16)(H,14,15). The summed E-state index contributed by atoms with van der Waals surface area (Å²) in [7, 11) is 0. The molecule has 1 saturated heterocycles. The Hall–Kier alpha value is -1.10. The zero-order chi connectivity index (χ0) is 11.5. The van der Waals surface area contributed by atoms with Crippen LogP contribution in [-0.2, 0) is 9.59 Å². The summed E-state index contributed by atoms with van der Waals surface area (Å²) in [6, 6.07) is -0.139. The normalized spacial score (nSPS) is 27.1. The number of carbonyl (C=O) groups is 2. The summed E-state index contributed by atoms with van der Waals surface area (Å²) in [6.45, 7) is 2.55. The van der Waals surface area contributed by atoms with Gasteiger partial charge < -0.3 is 10.6 Å². The van der Waals surface area contributed by atoms with Gasteiger partial charge in [-0.1, -0.05) is 0 Å². The number of piperidine rings is 1. The van der Waals surface area contributed by atoms with Gasteiger partial charge in [-0.25, -0.2) is 0 Å². The molecule has 0 spiro atoms. The van der Waals surface area contributed by atoms with Crippen molar-refractivity contribution in [2.24, 2.45) is 0 Å². The number of hydrogen-bond acceptors (Lipinski definition) is 3. The van der Waals surface area contributed by atoms with Crippen LogP contribution in [0.4, 0.5) is 0 Å². The third-order valence-corrected chi connectivity index (χ3v) is 3.05. The van der Waals surface area contributed by atoms with Crippen LogP contribution in [0.1, 0.15) is 32.6 Å². The second kappa shape index (κ2) is 4.82. The Kier molecular flexibility index (Phi) is 3.43. The van der Waals surface area contributed by atoms with E-state index in [2.05, 4.69) is 16.0 Å². The van der Waals surface area contributed by atoms with Crippen molar-refractivity contribution in [3.05, 3.63) is 0 Å². The van der Waals surface area contributed by atoms with Crippen molar-refractivity contribution in [2.45, 2.75) is 50.7 Å². The van der Waals surface area contributed by atoms with Crippen LogP contribution < -0.4 is 16.0 Å². The fraction of sp³-hybridized carbons (Fsp3) is 0.818. The van der Waals surface area contributed by atoms with E-state index in [0.29, 0.717) is 6.04 Å². The van der Waals surface area contributed by atoms with E-state index in [1.165, 1.54) is 0 Å². The molecule has 90 valence electrons. The van der Waals surface area contributed by atoms with Gasteiger partial charge >= 0.3 is 0 Å². The average molecular weight is 225 g/mol. The molecule has 2 fully saturated rings. The lowest BCUT2D eigenvalue weighted by molar-refractivity contribution is -0.126. The molecule has 1 aliphatic heterocycles. The molecule has 0 aromatic rings. The van der Waals surface area contributed by atoms with E-state index in [-0.39, 0.29) is 23.9 Å². The van der Waals surface area contributed by atoms with E-state index in [0.717, 1.165) is 32.2 Å². The van der Waals surface area contributed by atoms with Crippen LogP contribution in [0, 0.1) is 0 Å². The van der Waals surface area contributed by atoms with E-state index in [1.54, 1.807) is 6.92 Å². The summed E-state index contributed by atoms with van der Waals surface area (Å²) >= 11 is 0. The molecular formula is C11H19N3O2. The summed E-state index contributed by atoms with van der Waals surface area (Å²) in [5.74, 6) is 0.0122. The minimum Gasteiger partial charge on any atom is -0.355 e. The van der Waals surface area contributed by atoms with Crippen LogP contribution in [0.2, 0.25) is 0 Å². The molecule has 0 radical (unpaired) electrons. The van der Waals surface area contributed by atoms with Crippen LogP contribution in [0.25, 0.3) is 0 Å². The molecule has 0 aromatic heterocycles. The number of rotatable bonds is 4. The molecule has 5 heteroatoms. The monoisotopic (exact) mass is 225 g/mol. The average Bonchev–Trinajstić information content (AvgIpc) is 3.05. The highest BCUT2D eigenvalue weighted by Crippen LogP contribution is 2.18. The van der Waals surface area contributed by atoms with Crippen molar-refractivity contribution in [1.82, 2.24) is 16.0 Å². The Morgan fingerprint density at radius 1 is 1.44 bits per heavy atom. The summed E-state index contributed by atoms with van der Waals surface area (Å²) < 4.78 is 0. The van der Waals surface area contributed by atoms with Crippen molar-refractivity contribution in [1.29, 1.82) is 0 Å². The number of hydrogen-bond donors (Lipinski definition) is 3. The lowest BCUT2D eigenvalue weighted by Gasteiger charge is -2.25. The Balaban J connectivity index is 1.77. The highest BCUT2D eigenvalue weighted by molar-refractivity contribution is 5.85. The molecule has 5 nitrogen and oxygen atoms in total. The topological polar surface area (TPSA) is 70.2 Å². The number of nitrogens with one attached hydrogen (secondary N) is 3. The maximum atomic E-state index is 11.7. The van der Waals surface area contributed by atoms with E-state index in [4.69, 9.17) is 0 Å². The number of amides is 2. The third-order valence-electron chi connectivity index (χ3n) is 3.05. The molecule has 2 amide bonds. The Bertz CT molecular complexity index is 289. The molecule has 0 aromatic carbocycles. The molecule has 2 rings (SSSR count). The van der Waals surface area contributed by atoms with Crippen LogP contribution in [-0.4, -0.2) is 36.5 Å². The van der Waals surface area contributed by atoms with Crippen LogP contribution in [0.5, 0.6) is 0 Å². The van der Waals surface area contributed by atoms with E-state index >= 15 is 0 Å². The fourth-order valence-corrected chi connectivity index (χ4v) is 1.86. The van der Waals surface area contributed by atoms with Crippen molar-refractivity contribution < 1.29 is 9.59 Å². The van der Waals surface area contributed by atoms with Gasteiger partial charge in [0.05, 0.1) is 12.1 Å². The predicted molar refractivity (Wildman–Crippen MR) is 59.8 cm³/mol. The van der Waals surface area contributed by atoms with Crippen molar-refractivity contribution in [3.8, 4) is 0 Å². The highest BCUT2D eigenvalue weighted by Gasteiger charge is 2.29. The van der Waals surface area contributed by atoms with Gasteiger partial charge in [0.15, 0.2) is 0 Å². The van der Waals surface area contributed by atoms with Gasteiger partial charge in [-0.2, -0.15) is 0 Å². The van der Waals surface area contributed by atoms with Gasteiger partial charge in [0, 0.05) is 12.6 Å². The molecule has 16 heavy (non-hydrogen) atoms. The lowest BCUT2D eigenvalue weighted by atomic mass is 10.1. The first-order chi connectivity index (χ1) is 7.66. The van der Waals surface area contributed by atoms with Crippen LogP contribution in [0.15, 0.2) is 0 Å². The first-order valence-electron chi connectivity index (χ1n) is 6.01. The largest absolute Gasteiger partial charge is 0.355 e. The highest BCUT2D eigenvalue weighted by atomic mass is 16.2. The second-order valence-corrected chi connectivity index (χ2v) is 4.66. The molecule has 2 aliphatic rings. The van der Waals surface area contributed by atoms with E-state index in [9.17, 15) is 9.59 Å². The minimum atomic E-state index is -0.297. The van der Waals surface area contributed by atoms with Gasteiger partial charge in [0.2, 0.25) is 11.8 Å². The zero-order valence-corrected chi connectivity index (χ0v) is 9.58. The van der Waals surface area contributed by atoms with Crippen molar-refractivity contribution in [3.63, 3.8) is 0 Å². The summed E-state index contributed by atoms with van der Waals surface area (Å²) in [5.41, 5.74) is 0. The molecule has 2 atom stereocenters. The molecule has 1 aliphatic carbocycles. The molecule has 1 saturated carbocycles. The quantitative estimate of drug-likeness (QED) is 0.605. The Morgan fingerprint density at radius 3 is 2.81 bits per heavy atom. The third kappa shape index (κ3) is 2.95. The molecule has 2 unspecified atom stereocenters. The van der Waals surface area contributed by atoms with Gasteiger partial charge in [0.25, 0.3) is 0 Å². The van der Waals surface area contributed by atoms with E-state index in [1.807, 2.05) is 0 Å². The predicted octanol–water partition coefficient (Wildman–Crippen LogP) is -0.478. The fourth-order valence-electron chi connectivity index (χ4n) is 1.86. The van der Waals surface area contributed by atoms with Crippen LogP contribution >= 0.6 is 0 Å². The van der Waals surface area contributed by atoms with E-state index < -0.39 is 0 Å². The van der Waals surface area contributed by atoms with Gasteiger partial charge in [-0.3, -0.25) is 14.9 Å². The summed E-state index contributed by atoms with van der Waals surface area (Å²) in [5, 5.41) is 8.80. The lowest BCUT2D eigenvalue weighted by Crippen LogP contribution is -2.54. The van der Waals surface area contributed by atoms with Gasteiger partial charge in [-0.15, -0.1) is 0 Å². The SMILES string of the molecule is CC(NC1CCCNC1=O)C(=O)NC1CC1. The molecule has 0 bridgehead atoms. The maximum absolute atomic E-state index is 11.7. The van der Waals surface area contributed by atoms with Gasteiger partial charge in [-0.05, 0) is 32.6 Å². The number of carbonyl (C=O) groups excluding carboxylic acids is 2. The van der Waals surface area contributed by atoms with Gasteiger partial charge in [0.1, 0.15) is 0 Å². The zero-order valence-electron chi connectivity index (χ0n) is 9.58.